The van der Waals surface area contributed by atoms with Crippen LogP contribution in [0, 0.1) is 10.1 Å². The first kappa shape index (κ1) is 22.8. The highest BCUT2D eigenvalue weighted by Gasteiger charge is 2.33. The number of hydrogen-bond acceptors (Lipinski definition) is 6. The minimum atomic E-state index is -4.71. The molecule has 1 heterocycles. The number of benzene rings is 2. The first-order chi connectivity index (χ1) is 14.6. The Morgan fingerprint density at radius 1 is 1.23 bits per heavy atom. The van der Waals surface area contributed by atoms with Gasteiger partial charge < -0.3 is 4.74 Å². The highest BCUT2D eigenvalue weighted by atomic mass is 32.2. The molecule has 6 nitrogen and oxygen atoms in total. The molecule has 0 atom stereocenters. The number of rotatable bonds is 6. The number of alkyl halides is 3. The van der Waals surface area contributed by atoms with Gasteiger partial charge in [-0.15, -0.1) is 0 Å². The standard InChI is InChI=1S/C20H15F3N2O4S2/c1-2-9-24-18(26)17(31-19(24)30)10-12-3-6-14(7-4-12)29-16-8-5-13(20(21,22)23)11-15(16)25(27)28/h3-8,10-11H,2,9H2,1H3/b17-10+. The highest BCUT2D eigenvalue weighted by molar-refractivity contribution is 8.26. The number of thioether (sulfide) groups is 1. The number of halogens is 3. The summed E-state index contributed by atoms with van der Waals surface area (Å²) in [4.78, 5) is 24.6. The van der Waals surface area contributed by atoms with Crippen LogP contribution in [0.4, 0.5) is 18.9 Å². The van der Waals surface area contributed by atoms with Gasteiger partial charge in [0.2, 0.25) is 5.75 Å². The van der Waals surface area contributed by atoms with E-state index >= 15 is 0 Å². The predicted octanol–water partition coefficient (Wildman–Crippen LogP) is 6.02. The fourth-order valence-electron chi connectivity index (χ4n) is 2.75. The van der Waals surface area contributed by atoms with Gasteiger partial charge in [-0.3, -0.25) is 19.8 Å². The maximum absolute atomic E-state index is 12.8. The molecular weight excluding hydrogens is 453 g/mol. The fraction of sp³-hybridized carbons (Fsp3) is 0.200. The van der Waals surface area contributed by atoms with Crippen molar-refractivity contribution in [3.8, 4) is 11.5 Å². The molecule has 0 bridgehead atoms. The molecule has 2 aromatic carbocycles. The number of nitro benzene ring substituents is 1. The van der Waals surface area contributed by atoms with E-state index in [1.165, 1.54) is 28.8 Å². The van der Waals surface area contributed by atoms with Crippen molar-refractivity contribution in [3.63, 3.8) is 0 Å². The number of carbonyl (C=O) groups is 1. The molecule has 0 spiro atoms. The van der Waals surface area contributed by atoms with Crippen LogP contribution in [0.3, 0.4) is 0 Å². The van der Waals surface area contributed by atoms with Crippen molar-refractivity contribution in [3.05, 3.63) is 68.6 Å². The fourth-order valence-corrected chi connectivity index (χ4v) is 4.06. The maximum atomic E-state index is 12.8. The summed E-state index contributed by atoms with van der Waals surface area (Å²) in [5.41, 5.74) is -1.26. The van der Waals surface area contributed by atoms with Gasteiger partial charge in [-0.25, -0.2) is 0 Å². The molecule has 2 aromatic rings. The molecule has 162 valence electrons. The van der Waals surface area contributed by atoms with Crippen molar-refractivity contribution in [2.24, 2.45) is 0 Å². The van der Waals surface area contributed by atoms with E-state index in [0.29, 0.717) is 27.4 Å². The summed E-state index contributed by atoms with van der Waals surface area (Å²) in [5, 5.41) is 11.2. The van der Waals surface area contributed by atoms with Gasteiger partial charge in [-0.2, -0.15) is 13.2 Å². The molecule has 1 aliphatic heterocycles. The molecule has 1 fully saturated rings. The Labute approximate surface area is 184 Å². The van der Waals surface area contributed by atoms with E-state index in [1.807, 2.05) is 6.92 Å². The van der Waals surface area contributed by atoms with Gasteiger partial charge in [0.25, 0.3) is 5.91 Å². The lowest BCUT2D eigenvalue weighted by atomic mass is 10.1. The zero-order valence-electron chi connectivity index (χ0n) is 16.0. The van der Waals surface area contributed by atoms with Gasteiger partial charge in [0.1, 0.15) is 10.1 Å². The van der Waals surface area contributed by atoms with Crippen LogP contribution in [0.25, 0.3) is 6.08 Å². The summed E-state index contributed by atoms with van der Waals surface area (Å²) < 4.78 is 44.4. The summed E-state index contributed by atoms with van der Waals surface area (Å²) in [6.45, 7) is 2.49. The van der Waals surface area contributed by atoms with Crippen LogP contribution in [0.2, 0.25) is 0 Å². The Morgan fingerprint density at radius 3 is 2.48 bits per heavy atom. The van der Waals surface area contributed by atoms with Crippen molar-refractivity contribution >= 4 is 46.0 Å². The van der Waals surface area contributed by atoms with Gasteiger partial charge in [0, 0.05) is 12.6 Å². The number of hydrogen-bond donors (Lipinski definition) is 0. The maximum Gasteiger partial charge on any atom is 0.416 e. The predicted molar refractivity (Wildman–Crippen MR) is 115 cm³/mol. The van der Waals surface area contributed by atoms with Gasteiger partial charge >= 0.3 is 11.9 Å². The molecule has 1 saturated heterocycles. The van der Waals surface area contributed by atoms with E-state index in [0.717, 1.165) is 18.6 Å². The average molecular weight is 468 g/mol. The first-order valence-corrected chi connectivity index (χ1v) is 10.2. The lowest BCUT2D eigenvalue weighted by Crippen LogP contribution is -2.28. The van der Waals surface area contributed by atoms with E-state index in [9.17, 15) is 28.1 Å². The van der Waals surface area contributed by atoms with Gasteiger partial charge in [-0.1, -0.05) is 43.0 Å². The topological polar surface area (TPSA) is 72.7 Å². The van der Waals surface area contributed by atoms with E-state index in [2.05, 4.69) is 0 Å². The molecule has 1 aliphatic rings. The molecule has 0 unspecified atom stereocenters. The van der Waals surface area contributed by atoms with Crippen LogP contribution in [0.15, 0.2) is 47.4 Å². The van der Waals surface area contributed by atoms with E-state index in [1.54, 1.807) is 18.2 Å². The molecule has 0 saturated carbocycles. The second-order valence-electron chi connectivity index (χ2n) is 6.44. The molecule has 11 heteroatoms. The SMILES string of the molecule is CCCN1C(=O)/C(=C\c2ccc(Oc3ccc(C(F)(F)F)cc3[N+](=O)[O-])cc2)SC1=S. The Balaban J connectivity index is 1.80. The molecule has 0 radical (unpaired) electrons. The number of carbonyl (C=O) groups excluding carboxylic acids is 1. The quantitative estimate of drug-likeness (QED) is 0.224. The highest BCUT2D eigenvalue weighted by Crippen LogP contribution is 2.38. The molecule has 0 aliphatic carbocycles. The number of thiocarbonyl (C=S) groups is 1. The van der Waals surface area contributed by atoms with Crippen LogP contribution in [-0.4, -0.2) is 26.6 Å². The van der Waals surface area contributed by atoms with Gasteiger partial charge in [0.05, 0.1) is 15.4 Å². The van der Waals surface area contributed by atoms with Crippen LogP contribution in [-0.2, 0) is 11.0 Å². The van der Waals surface area contributed by atoms with E-state index in [4.69, 9.17) is 17.0 Å². The third-order valence-corrected chi connectivity index (χ3v) is 5.59. The van der Waals surface area contributed by atoms with Crippen LogP contribution in [0.1, 0.15) is 24.5 Å². The third-order valence-electron chi connectivity index (χ3n) is 4.21. The van der Waals surface area contributed by atoms with Crippen molar-refractivity contribution in [1.29, 1.82) is 0 Å². The smallest absolute Gasteiger partial charge is 0.416 e. The number of nitrogens with zero attached hydrogens (tertiary/aromatic N) is 2. The molecule has 1 amide bonds. The van der Waals surface area contributed by atoms with Crippen molar-refractivity contribution in [1.82, 2.24) is 4.90 Å². The summed E-state index contributed by atoms with van der Waals surface area (Å²) in [7, 11) is 0. The Kier molecular flexibility index (Phi) is 6.65. The number of amides is 1. The van der Waals surface area contributed by atoms with Gasteiger partial charge in [-0.05, 0) is 42.3 Å². The lowest BCUT2D eigenvalue weighted by Gasteiger charge is -2.12. The molecule has 31 heavy (non-hydrogen) atoms. The second-order valence-corrected chi connectivity index (χ2v) is 8.12. The zero-order valence-corrected chi connectivity index (χ0v) is 17.6. The minimum Gasteiger partial charge on any atom is -0.450 e. The van der Waals surface area contributed by atoms with Crippen molar-refractivity contribution in [2.75, 3.05) is 6.54 Å². The minimum absolute atomic E-state index is 0.169. The molecular formula is C20H15F3N2O4S2. The van der Waals surface area contributed by atoms with Crippen LogP contribution >= 0.6 is 24.0 Å². The summed E-state index contributed by atoms with van der Waals surface area (Å²) in [6, 6.07) is 8.31. The monoisotopic (exact) mass is 468 g/mol. The Hall–Kier alpha value is -2.92. The van der Waals surface area contributed by atoms with Crippen molar-refractivity contribution in [2.45, 2.75) is 19.5 Å². The summed E-state index contributed by atoms with van der Waals surface area (Å²) >= 11 is 6.42. The molecule has 0 N–H and O–H groups in total. The molecule has 3 rings (SSSR count). The van der Waals surface area contributed by atoms with Gasteiger partial charge in [0.15, 0.2) is 0 Å². The first-order valence-electron chi connectivity index (χ1n) is 8.99. The molecule has 0 aromatic heterocycles. The van der Waals surface area contributed by atoms with Crippen LogP contribution < -0.4 is 4.74 Å². The Bertz CT molecular complexity index is 1070. The summed E-state index contributed by atoms with van der Waals surface area (Å²) in [6.07, 6.45) is -2.26. The largest absolute Gasteiger partial charge is 0.450 e. The summed E-state index contributed by atoms with van der Waals surface area (Å²) in [5.74, 6) is -0.290. The lowest BCUT2D eigenvalue weighted by molar-refractivity contribution is -0.385. The normalized spacial score (nSPS) is 15.6. The number of nitro groups is 1. The average Bonchev–Trinajstić information content (AvgIpc) is 2.96. The third kappa shape index (κ3) is 5.23. The Morgan fingerprint density at radius 2 is 1.90 bits per heavy atom. The zero-order chi connectivity index (χ0) is 22.8. The van der Waals surface area contributed by atoms with E-state index in [-0.39, 0.29) is 17.4 Å². The van der Waals surface area contributed by atoms with E-state index < -0.39 is 22.4 Å². The van der Waals surface area contributed by atoms with Crippen LogP contribution in [0.5, 0.6) is 11.5 Å². The second kappa shape index (κ2) is 9.06. The number of ether oxygens (including phenoxy) is 1. The van der Waals surface area contributed by atoms with Crippen molar-refractivity contribution < 1.29 is 27.6 Å².